The van der Waals surface area contributed by atoms with E-state index in [4.69, 9.17) is 4.74 Å². The summed E-state index contributed by atoms with van der Waals surface area (Å²) >= 11 is 0. The number of anilines is 1. The molecule has 0 aromatic heterocycles. The van der Waals surface area contributed by atoms with Gasteiger partial charge in [-0.15, -0.1) is 12.4 Å². The van der Waals surface area contributed by atoms with Crippen molar-refractivity contribution in [2.75, 3.05) is 57.3 Å². The Kier molecular flexibility index (Phi) is 9.02. The summed E-state index contributed by atoms with van der Waals surface area (Å²) in [5, 5.41) is 6.34. The number of carbonyl (C=O) groups excluding carboxylic acids is 2. The highest BCUT2D eigenvalue weighted by Crippen LogP contribution is 2.33. The standard InChI is InChI=1S/C20H30N4O3.ClH/c1-2-27-18-7-4-3-6-17(18)24-15-16(14-19(24)25)20(26)22-8-5-11-23-12-9-21-10-13-23;/h3-4,6-7,16,21H,2,5,8-15H2,1H3,(H,22,26);1H. The Bertz CT molecular complexity index is 652. The van der Waals surface area contributed by atoms with Gasteiger partial charge in [0, 0.05) is 45.7 Å². The summed E-state index contributed by atoms with van der Waals surface area (Å²) in [6, 6.07) is 7.50. The second-order valence-electron chi connectivity index (χ2n) is 7.04. The Balaban J connectivity index is 0.00000280. The van der Waals surface area contributed by atoms with Gasteiger partial charge in [-0.2, -0.15) is 0 Å². The lowest BCUT2D eigenvalue weighted by molar-refractivity contribution is -0.126. The maximum atomic E-state index is 12.5. The van der Waals surface area contributed by atoms with Crippen molar-refractivity contribution in [1.29, 1.82) is 0 Å². The largest absolute Gasteiger partial charge is 0.492 e. The lowest BCUT2D eigenvalue weighted by Gasteiger charge is -2.27. The minimum absolute atomic E-state index is 0. The van der Waals surface area contributed by atoms with Gasteiger partial charge in [0.1, 0.15) is 5.75 Å². The van der Waals surface area contributed by atoms with Crippen LogP contribution in [0.3, 0.4) is 0 Å². The maximum absolute atomic E-state index is 12.5. The number of benzene rings is 1. The molecule has 0 radical (unpaired) electrons. The number of ether oxygens (including phenoxy) is 1. The van der Waals surface area contributed by atoms with E-state index in [0.717, 1.165) is 44.8 Å². The lowest BCUT2D eigenvalue weighted by atomic mass is 10.1. The molecule has 7 nitrogen and oxygen atoms in total. The highest BCUT2D eigenvalue weighted by atomic mass is 35.5. The number of piperazine rings is 1. The molecule has 2 heterocycles. The molecule has 0 aliphatic carbocycles. The van der Waals surface area contributed by atoms with Crippen molar-refractivity contribution in [3.05, 3.63) is 24.3 Å². The van der Waals surface area contributed by atoms with Gasteiger partial charge in [-0.3, -0.25) is 9.59 Å². The molecule has 2 N–H and O–H groups in total. The van der Waals surface area contributed by atoms with E-state index in [9.17, 15) is 9.59 Å². The third-order valence-corrected chi connectivity index (χ3v) is 5.11. The molecule has 8 heteroatoms. The number of halogens is 1. The summed E-state index contributed by atoms with van der Waals surface area (Å²) in [5.74, 6) is 0.333. The molecule has 1 aromatic rings. The molecule has 0 saturated carbocycles. The zero-order valence-corrected chi connectivity index (χ0v) is 17.3. The molecular formula is C20H31ClN4O3. The van der Waals surface area contributed by atoms with Crippen molar-refractivity contribution >= 4 is 29.9 Å². The fourth-order valence-corrected chi connectivity index (χ4v) is 3.67. The van der Waals surface area contributed by atoms with Crippen LogP contribution in [-0.4, -0.2) is 69.1 Å². The van der Waals surface area contributed by atoms with E-state index >= 15 is 0 Å². The molecule has 2 amide bonds. The van der Waals surface area contributed by atoms with E-state index in [2.05, 4.69) is 15.5 Å². The van der Waals surface area contributed by atoms with Crippen LogP contribution < -0.4 is 20.3 Å². The Hall–Kier alpha value is -1.83. The molecule has 2 fully saturated rings. The molecule has 3 rings (SSSR count). The maximum Gasteiger partial charge on any atom is 0.227 e. The van der Waals surface area contributed by atoms with Crippen molar-refractivity contribution < 1.29 is 14.3 Å². The van der Waals surface area contributed by atoms with Gasteiger partial charge in [-0.25, -0.2) is 0 Å². The second kappa shape index (κ2) is 11.2. The number of hydrogen-bond donors (Lipinski definition) is 2. The highest BCUT2D eigenvalue weighted by Gasteiger charge is 2.36. The number of para-hydroxylation sites is 2. The van der Waals surface area contributed by atoms with Crippen LogP contribution in [0.4, 0.5) is 5.69 Å². The monoisotopic (exact) mass is 410 g/mol. The van der Waals surface area contributed by atoms with Gasteiger partial charge in [0.25, 0.3) is 0 Å². The summed E-state index contributed by atoms with van der Waals surface area (Å²) in [4.78, 5) is 29.0. The molecule has 1 aromatic carbocycles. The number of carbonyl (C=O) groups is 2. The summed E-state index contributed by atoms with van der Waals surface area (Å²) in [6.45, 7) is 8.73. The molecule has 1 atom stereocenters. The molecule has 156 valence electrons. The first kappa shape index (κ1) is 22.5. The molecule has 28 heavy (non-hydrogen) atoms. The predicted molar refractivity (Wildman–Crippen MR) is 112 cm³/mol. The van der Waals surface area contributed by atoms with Gasteiger partial charge in [0.2, 0.25) is 11.8 Å². The number of hydrogen-bond acceptors (Lipinski definition) is 5. The van der Waals surface area contributed by atoms with Crippen LogP contribution in [0.15, 0.2) is 24.3 Å². The highest BCUT2D eigenvalue weighted by molar-refractivity contribution is 6.01. The van der Waals surface area contributed by atoms with E-state index in [1.165, 1.54) is 0 Å². The van der Waals surface area contributed by atoms with Crippen LogP contribution in [0, 0.1) is 5.92 Å². The average molecular weight is 411 g/mol. The number of amides is 2. The molecule has 2 saturated heterocycles. The number of nitrogens with one attached hydrogen (secondary N) is 2. The summed E-state index contributed by atoms with van der Waals surface area (Å²) in [6.07, 6.45) is 1.19. The first-order valence-corrected chi connectivity index (χ1v) is 9.92. The van der Waals surface area contributed by atoms with Gasteiger partial charge in [-0.05, 0) is 32.0 Å². The summed E-state index contributed by atoms with van der Waals surface area (Å²) < 4.78 is 5.63. The molecule has 2 aliphatic heterocycles. The lowest BCUT2D eigenvalue weighted by Crippen LogP contribution is -2.44. The van der Waals surface area contributed by atoms with E-state index < -0.39 is 0 Å². The second-order valence-corrected chi connectivity index (χ2v) is 7.04. The average Bonchev–Trinajstić information content (AvgIpc) is 3.08. The Morgan fingerprint density at radius 2 is 2.04 bits per heavy atom. The molecule has 1 unspecified atom stereocenters. The number of rotatable bonds is 8. The van der Waals surface area contributed by atoms with Gasteiger partial charge in [-0.1, -0.05) is 12.1 Å². The van der Waals surface area contributed by atoms with Gasteiger partial charge in [0.05, 0.1) is 18.2 Å². The van der Waals surface area contributed by atoms with Crippen LogP contribution in [0.25, 0.3) is 0 Å². The third kappa shape index (κ3) is 5.83. The smallest absolute Gasteiger partial charge is 0.227 e. The fraction of sp³-hybridized carbons (Fsp3) is 0.600. The third-order valence-electron chi connectivity index (χ3n) is 5.11. The summed E-state index contributed by atoms with van der Waals surface area (Å²) in [5.41, 5.74) is 0.748. The van der Waals surface area contributed by atoms with E-state index in [0.29, 0.717) is 25.4 Å². The molecule has 0 bridgehead atoms. The van der Waals surface area contributed by atoms with E-state index in [1.54, 1.807) is 4.90 Å². The minimum atomic E-state index is -0.300. The quantitative estimate of drug-likeness (QED) is 0.631. The first-order chi connectivity index (χ1) is 13.2. The first-order valence-electron chi connectivity index (χ1n) is 9.92. The van der Waals surface area contributed by atoms with Gasteiger partial charge >= 0.3 is 0 Å². The SMILES string of the molecule is CCOc1ccccc1N1CC(C(=O)NCCCN2CCNCC2)CC1=O.Cl. The number of nitrogens with zero attached hydrogens (tertiary/aromatic N) is 2. The van der Waals surface area contributed by atoms with Crippen LogP contribution >= 0.6 is 12.4 Å². The van der Waals surface area contributed by atoms with Crippen molar-refractivity contribution in [1.82, 2.24) is 15.5 Å². The van der Waals surface area contributed by atoms with Crippen molar-refractivity contribution in [3.63, 3.8) is 0 Å². The zero-order valence-electron chi connectivity index (χ0n) is 16.5. The van der Waals surface area contributed by atoms with Crippen LogP contribution in [0.1, 0.15) is 19.8 Å². The molecular weight excluding hydrogens is 380 g/mol. The molecule has 0 spiro atoms. The van der Waals surface area contributed by atoms with Crippen molar-refractivity contribution in [2.24, 2.45) is 5.92 Å². The minimum Gasteiger partial charge on any atom is -0.492 e. The van der Waals surface area contributed by atoms with Gasteiger partial charge in [0.15, 0.2) is 0 Å². The fourth-order valence-electron chi connectivity index (χ4n) is 3.67. The Labute approximate surface area is 173 Å². The van der Waals surface area contributed by atoms with Gasteiger partial charge < -0.3 is 25.2 Å². The zero-order chi connectivity index (χ0) is 19.1. The predicted octanol–water partition coefficient (Wildman–Crippen LogP) is 1.27. The Morgan fingerprint density at radius 3 is 2.79 bits per heavy atom. The normalized spacial score (nSPS) is 20.0. The topological polar surface area (TPSA) is 73.9 Å². The van der Waals surface area contributed by atoms with Crippen LogP contribution in [0.2, 0.25) is 0 Å². The summed E-state index contributed by atoms with van der Waals surface area (Å²) in [7, 11) is 0. The van der Waals surface area contributed by atoms with Crippen LogP contribution in [-0.2, 0) is 9.59 Å². The van der Waals surface area contributed by atoms with E-state index in [-0.39, 0.29) is 36.6 Å². The van der Waals surface area contributed by atoms with Crippen molar-refractivity contribution in [2.45, 2.75) is 19.8 Å². The Morgan fingerprint density at radius 1 is 1.29 bits per heavy atom. The van der Waals surface area contributed by atoms with E-state index in [1.807, 2.05) is 31.2 Å². The molecule has 2 aliphatic rings. The van der Waals surface area contributed by atoms with Crippen LogP contribution in [0.5, 0.6) is 5.75 Å². The van der Waals surface area contributed by atoms with Crippen molar-refractivity contribution in [3.8, 4) is 5.75 Å².